The first-order valence-electron chi connectivity index (χ1n) is 6.77. The van der Waals surface area contributed by atoms with Gasteiger partial charge in [-0.3, -0.25) is 4.57 Å². The molecule has 0 aliphatic heterocycles. The molecule has 3 nitrogen and oxygen atoms in total. The van der Waals surface area contributed by atoms with Crippen molar-refractivity contribution in [1.29, 1.82) is 0 Å². The zero-order chi connectivity index (χ0) is 15.5. The first-order valence-corrected chi connectivity index (χ1v) is 8.85. The van der Waals surface area contributed by atoms with Gasteiger partial charge in [-0.2, -0.15) is 0 Å². The van der Waals surface area contributed by atoms with Gasteiger partial charge >= 0.3 is 0 Å². The second kappa shape index (κ2) is 7.89. The maximum Gasteiger partial charge on any atom is 0.229 e. The molecule has 0 aliphatic rings. The third-order valence-corrected chi connectivity index (χ3v) is 5.31. The molecule has 0 saturated heterocycles. The highest BCUT2D eigenvalue weighted by Crippen LogP contribution is 2.41. The molecule has 0 saturated carbocycles. The van der Waals surface area contributed by atoms with Crippen molar-refractivity contribution >= 4 is 25.1 Å². The summed E-state index contributed by atoms with van der Waals surface area (Å²) in [7, 11) is -2.76. The molecule has 22 heavy (non-hydrogen) atoms. The zero-order valence-electron chi connectivity index (χ0n) is 12.5. The van der Waals surface area contributed by atoms with Crippen molar-refractivity contribution in [3.05, 3.63) is 65.5 Å². The molecule has 0 fully saturated rings. The van der Waals surface area contributed by atoms with Crippen molar-refractivity contribution in [2.45, 2.75) is 13.0 Å². The van der Waals surface area contributed by atoms with Gasteiger partial charge < -0.3 is 10.3 Å². The van der Waals surface area contributed by atoms with Crippen molar-refractivity contribution in [3.63, 3.8) is 0 Å². The molecule has 2 rings (SSSR count). The average molecular weight is 344 g/mol. The van der Waals surface area contributed by atoms with Gasteiger partial charge in [-0.05, 0) is 42.3 Å². The Bertz CT molecular complexity index is 646. The Morgan fingerprint density at radius 2 is 1.55 bits per heavy atom. The van der Waals surface area contributed by atoms with Crippen LogP contribution < -0.4 is 11.0 Å². The topological polar surface area (TPSA) is 52.3 Å². The van der Waals surface area contributed by atoms with E-state index in [9.17, 15) is 8.96 Å². The molecule has 120 valence electrons. The van der Waals surface area contributed by atoms with Gasteiger partial charge in [0.1, 0.15) is 5.82 Å². The lowest BCUT2D eigenvalue weighted by molar-refractivity contribution is 0.345. The van der Waals surface area contributed by atoms with Crippen molar-refractivity contribution in [2.75, 3.05) is 13.3 Å². The fourth-order valence-corrected chi connectivity index (χ4v) is 3.47. The molecule has 1 unspecified atom stereocenters. The summed E-state index contributed by atoms with van der Waals surface area (Å²) < 4.78 is 30.5. The van der Waals surface area contributed by atoms with Gasteiger partial charge in [0, 0.05) is 12.0 Å². The fourth-order valence-electron chi connectivity index (χ4n) is 2.14. The summed E-state index contributed by atoms with van der Waals surface area (Å²) in [6.45, 7) is 3.82. The Hall–Kier alpha value is -1.19. The lowest BCUT2D eigenvalue weighted by Gasteiger charge is -2.16. The second-order valence-corrected chi connectivity index (χ2v) is 7.35. The molecule has 2 atom stereocenters. The second-order valence-electron chi connectivity index (χ2n) is 4.88. The molecule has 0 aliphatic carbocycles. The van der Waals surface area contributed by atoms with E-state index >= 15 is 0 Å². The molecule has 0 bridgehead atoms. The van der Waals surface area contributed by atoms with E-state index in [1.165, 1.54) is 12.1 Å². The zero-order valence-corrected chi connectivity index (χ0v) is 14.2. The maximum atomic E-state index is 12.9. The van der Waals surface area contributed by atoms with Gasteiger partial charge in [-0.15, -0.1) is 12.4 Å². The van der Waals surface area contributed by atoms with Crippen LogP contribution in [0, 0.1) is 5.82 Å². The summed E-state index contributed by atoms with van der Waals surface area (Å²) in [6, 6.07) is 13.0. The highest BCUT2D eigenvalue weighted by Gasteiger charge is 2.19. The lowest BCUT2D eigenvalue weighted by atomic mass is 10.00. The van der Waals surface area contributed by atoms with E-state index in [1.807, 2.05) is 19.1 Å². The van der Waals surface area contributed by atoms with E-state index < -0.39 is 7.37 Å². The summed E-state index contributed by atoms with van der Waals surface area (Å²) in [5, 5.41) is 0.666. The maximum absolute atomic E-state index is 12.9. The minimum Gasteiger partial charge on any atom is -0.326 e. The van der Waals surface area contributed by atoms with Crippen LogP contribution in [-0.2, 0) is 9.09 Å². The smallest absolute Gasteiger partial charge is 0.229 e. The number of hydrogen-bond acceptors (Lipinski definition) is 3. The van der Waals surface area contributed by atoms with Crippen LogP contribution >= 0.6 is 19.8 Å². The lowest BCUT2D eigenvalue weighted by Crippen LogP contribution is -2.13. The van der Waals surface area contributed by atoms with Crippen LogP contribution in [0.1, 0.15) is 24.1 Å². The van der Waals surface area contributed by atoms with Gasteiger partial charge in [0.25, 0.3) is 0 Å². The predicted octanol–water partition coefficient (Wildman–Crippen LogP) is 3.87. The minimum atomic E-state index is -2.76. The molecule has 0 spiro atoms. The van der Waals surface area contributed by atoms with E-state index in [2.05, 4.69) is 0 Å². The van der Waals surface area contributed by atoms with Crippen molar-refractivity contribution in [3.8, 4) is 0 Å². The van der Waals surface area contributed by atoms with Crippen LogP contribution in [0.2, 0.25) is 0 Å². The Morgan fingerprint density at radius 3 is 2.00 bits per heavy atom. The van der Waals surface area contributed by atoms with Crippen LogP contribution in [0.15, 0.2) is 48.5 Å². The van der Waals surface area contributed by atoms with Crippen LogP contribution in [0.25, 0.3) is 0 Å². The molecule has 0 radical (unpaired) electrons. The van der Waals surface area contributed by atoms with Crippen LogP contribution in [0.5, 0.6) is 0 Å². The predicted molar refractivity (Wildman–Crippen MR) is 90.9 cm³/mol. The summed E-state index contributed by atoms with van der Waals surface area (Å²) in [4.78, 5) is 0. The summed E-state index contributed by atoms with van der Waals surface area (Å²) in [6.07, 6.45) is 0. The van der Waals surface area contributed by atoms with Gasteiger partial charge in [0.15, 0.2) is 0 Å². The number of hydrogen-bond donors (Lipinski definition) is 1. The summed E-state index contributed by atoms with van der Waals surface area (Å²) >= 11 is 0. The highest BCUT2D eigenvalue weighted by molar-refractivity contribution is 7.66. The molecular formula is C16H20ClFNO2P. The van der Waals surface area contributed by atoms with Gasteiger partial charge in [-0.25, -0.2) is 4.39 Å². The van der Waals surface area contributed by atoms with Gasteiger partial charge in [-0.1, -0.05) is 24.3 Å². The van der Waals surface area contributed by atoms with Gasteiger partial charge in [0.05, 0.1) is 12.6 Å². The van der Waals surface area contributed by atoms with Crippen LogP contribution in [0.3, 0.4) is 0 Å². The SMILES string of the molecule is CCOP(C)(=O)c1ccc([C@H](N)c2ccc(F)cc2)cc1.Cl. The first kappa shape index (κ1) is 18.9. The quantitative estimate of drug-likeness (QED) is 0.839. The van der Waals surface area contributed by atoms with E-state index in [0.717, 1.165) is 11.1 Å². The monoisotopic (exact) mass is 343 g/mol. The number of halogens is 2. The molecule has 0 heterocycles. The van der Waals surface area contributed by atoms with Crippen molar-refractivity contribution in [2.24, 2.45) is 5.73 Å². The van der Waals surface area contributed by atoms with E-state index in [4.69, 9.17) is 10.3 Å². The fraction of sp³-hybridized carbons (Fsp3) is 0.250. The molecule has 2 aromatic rings. The Balaban J connectivity index is 0.00000242. The van der Waals surface area contributed by atoms with Gasteiger partial charge in [0.2, 0.25) is 7.37 Å². The standard InChI is InChI=1S/C16H19FNO2P.ClH/c1-3-20-21(2,19)15-10-6-13(7-11-15)16(18)12-4-8-14(17)9-5-12;/h4-11,16H,3,18H2,1-2H3;1H/t16-,21?;/m1./s1. The largest absolute Gasteiger partial charge is 0.326 e. The minimum absolute atomic E-state index is 0. The molecular weight excluding hydrogens is 324 g/mol. The molecule has 0 amide bonds. The van der Waals surface area contributed by atoms with E-state index in [1.54, 1.807) is 30.9 Å². The molecule has 0 aromatic heterocycles. The van der Waals surface area contributed by atoms with Crippen molar-refractivity contribution < 1.29 is 13.5 Å². The Kier molecular flexibility index (Phi) is 6.76. The van der Waals surface area contributed by atoms with E-state index in [-0.39, 0.29) is 24.3 Å². The number of benzene rings is 2. The van der Waals surface area contributed by atoms with Crippen LogP contribution in [0.4, 0.5) is 4.39 Å². The molecule has 2 N–H and O–H groups in total. The summed E-state index contributed by atoms with van der Waals surface area (Å²) in [5.74, 6) is -0.287. The molecule has 2 aromatic carbocycles. The number of rotatable bonds is 5. The van der Waals surface area contributed by atoms with Crippen LogP contribution in [-0.4, -0.2) is 13.3 Å². The Morgan fingerprint density at radius 1 is 1.09 bits per heavy atom. The third-order valence-electron chi connectivity index (χ3n) is 3.33. The van der Waals surface area contributed by atoms with E-state index in [0.29, 0.717) is 11.9 Å². The Labute approximate surface area is 136 Å². The first-order chi connectivity index (χ1) is 9.94. The summed E-state index contributed by atoms with van der Waals surface area (Å²) in [5.41, 5.74) is 7.87. The third kappa shape index (κ3) is 4.40. The van der Waals surface area contributed by atoms with Crippen molar-refractivity contribution in [1.82, 2.24) is 0 Å². The number of nitrogens with two attached hydrogens (primary N) is 1. The highest BCUT2D eigenvalue weighted by atomic mass is 35.5. The molecule has 6 heteroatoms. The average Bonchev–Trinajstić information content (AvgIpc) is 2.47. The normalized spacial score (nSPS) is 14.7.